The Morgan fingerprint density at radius 2 is 1.73 bits per heavy atom. The summed E-state index contributed by atoms with van der Waals surface area (Å²) < 4.78 is 39.5. The third kappa shape index (κ3) is 4.76. The quantitative estimate of drug-likeness (QED) is 0.622. The Labute approximate surface area is 173 Å². The van der Waals surface area contributed by atoms with Crippen LogP contribution in [0.2, 0.25) is 0 Å². The molecular weight excluding hydrogens is 392 g/mol. The first-order valence-electron chi connectivity index (χ1n) is 9.42. The Balaban J connectivity index is 2.05. The lowest BCUT2D eigenvalue weighted by Gasteiger charge is -2.18. The van der Waals surface area contributed by atoms with Crippen LogP contribution in [0.15, 0.2) is 41.3 Å². The van der Waals surface area contributed by atoms with Crippen LogP contribution < -0.4 is 20.3 Å². The second-order valence-corrected chi connectivity index (χ2v) is 6.83. The van der Waals surface area contributed by atoms with E-state index in [1.807, 2.05) is 32.9 Å². The molecule has 2 aromatic carbocycles. The Morgan fingerprint density at radius 1 is 1.03 bits per heavy atom. The highest BCUT2D eigenvalue weighted by Gasteiger charge is 2.13. The Kier molecular flexibility index (Phi) is 6.34. The maximum Gasteiger partial charge on any atom is 0.316 e. The third-order valence-corrected chi connectivity index (χ3v) is 4.53. The van der Waals surface area contributed by atoms with Crippen molar-refractivity contribution < 1.29 is 18.3 Å². The van der Waals surface area contributed by atoms with E-state index in [-0.39, 0.29) is 18.2 Å². The van der Waals surface area contributed by atoms with E-state index in [1.54, 1.807) is 4.57 Å². The number of aryl methyl sites for hydroxylation is 2. The van der Waals surface area contributed by atoms with Crippen LogP contribution >= 0.6 is 0 Å². The lowest BCUT2D eigenvalue weighted by molar-refractivity contribution is 0.338. The molecule has 8 heteroatoms. The van der Waals surface area contributed by atoms with Gasteiger partial charge >= 0.3 is 5.56 Å². The van der Waals surface area contributed by atoms with Crippen LogP contribution in [0.4, 0.5) is 20.4 Å². The van der Waals surface area contributed by atoms with E-state index in [9.17, 15) is 13.6 Å². The molecule has 0 bridgehead atoms. The predicted molar refractivity (Wildman–Crippen MR) is 111 cm³/mol. The molecule has 30 heavy (non-hydrogen) atoms. The van der Waals surface area contributed by atoms with Crippen molar-refractivity contribution in [3.63, 3.8) is 0 Å². The molecule has 0 unspecified atom stereocenters. The van der Waals surface area contributed by atoms with Crippen molar-refractivity contribution in [2.24, 2.45) is 0 Å². The molecule has 1 N–H and O–H groups in total. The molecule has 1 aromatic heterocycles. The van der Waals surface area contributed by atoms with Gasteiger partial charge in [0.05, 0.1) is 26.5 Å². The van der Waals surface area contributed by atoms with Crippen LogP contribution in [0.1, 0.15) is 23.6 Å². The van der Waals surface area contributed by atoms with Gasteiger partial charge in [-0.1, -0.05) is 6.07 Å². The minimum atomic E-state index is -0.684. The summed E-state index contributed by atoms with van der Waals surface area (Å²) in [6.07, 6.45) is 1.45. The highest BCUT2D eigenvalue weighted by atomic mass is 19.1. The topological polar surface area (TPSA) is 65.4 Å². The first-order chi connectivity index (χ1) is 14.3. The molecule has 158 valence electrons. The Hall–Kier alpha value is -3.42. The molecule has 3 rings (SSSR count). The van der Waals surface area contributed by atoms with Gasteiger partial charge in [0.15, 0.2) is 0 Å². The summed E-state index contributed by atoms with van der Waals surface area (Å²) in [5.41, 5.74) is 2.41. The number of aromatic nitrogens is 2. The van der Waals surface area contributed by atoms with Crippen LogP contribution in [-0.2, 0) is 6.54 Å². The third-order valence-electron chi connectivity index (χ3n) is 4.53. The van der Waals surface area contributed by atoms with Crippen LogP contribution in [0.5, 0.6) is 11.5 Å². The van der Waals surface area contributed by atoms with Gasteiger partial charge in [0.25, 0.3) is 0 Å². The summed E-state index contributed by atoms with van der Waals surface area (Å²) in [6.45, 7) is 6.35. The lowest BCUT2D eigenvalue weighted by atomic mass is 10.1. The van der Waals surface area contributed by atoms with Gasteiger partial charge in [0.1, 0.15) is 17.4 Å². The van der Waals surface area contributed by atoms with Gasteiger partial charge in [-0.25, -0.2) is 8.78 Å². The highest BCUT2D eigenvalue weighted by molar-refractivity contribution is 5.63. The van der Waals surface area contributed by atoms with E-state index in [4.69, 9.17) is 9.47 Å². The SMILES string of the molecule is CCOc1cc(Nc2nc(=O)c(OC)cn2Cc2cc(F)cc(F)c2)c(C)cc1C. The Morgan fingerprint density at radius 3 is 2.37 bits per heavy atom. The smallest absolute Gasteiger partial charge is 0.316 e. The minimum absolute atomic E-state index is 0.0214. The zero-order chi connectivity index (χ0) is 21.8. The van der Waals surface area contributed by atoms with E-state index in [0.717, 1.165) is 17.2 Å². The number of ether oxygens (including phenoxy) is 2. The first kappa shape index (κ1) is 21.3. The fraction of sp³-hybridized carbons (Fsp3) is 0.273. The van der Waals surface area contributed by atoms with Gasteiger partial charge in [-0.15, -0.1) is 0 Å². The molecule has 0 fully saturated rings. The van der Waals surface area contributed by atoms with Gasteiger partial charge in [0, 0.05) is 17.8 Å². The average molecular weight is 415 g/mol. The normalized spacial score (nSPS) is 10.7. The number of nitrogens with zero attached hydrogens (tertiary/aromatic N) is 2. The number of hydrogen-bond donors (Lipinski definition) is 1. The van der Waals surface area contributed by atoms with E-state index in [0.29, 0.717) is 23.6 Å². The molecule has 0 aliphatic rings. The number of nitrogens with one attached hydrogen (secondary N) is 1. The minimum Gasteiger partial charge on any atom is -0.494 e. The van der Waals surface area contributed by atoms with Gasteiger partial charge in [-0.3, -0.25) is 4.79 Å². The van der Waals surface area contributed by atoms with Gasteiger partial charge in [-0.05, 0) is 49.6 Å². The van der Waals surface area contributed by atoms with Crippen LogP contribution in [0, 0.1) is 25.5 Å². The molecule has 0 atom stereocenters. The molecule has 0 saturated carbocycles. The summed E-state index contributed by atoms with van der Waals surface area (Å²) in [4.78, 5) is 16.3. The first-order valence-corrected chi connectivity index (χ1v) is 9.42. The fourth-order valence-electron chi connectivity index (χ4n) is 3.13. The second kappa shape index (κ2) is 8.94. The zero-order valence-electron chi connectivity index (χ0n) is 17.3. The molecule has 0 spiro atoms. The second-order valence-electron chi connectivity index (χ2n) is 6.83. The Bertz CT molecular complexity index is 1110. The average Bonchev–Trinajstić information content (AvgIpc) is 2.66. The van der Waals surface area contributed by atoms with Crippen molar-refractivity contribution in [3.8, 4) is 11.5 Å². The van der Waals surface area contributed by atoms with Gasteiger partial charge in [0.2, 0.25) is 11.7 Å². The zero-order valence-corrected chi connectivity index (χ0v) is 17.3. The van der Waals surface area contributed by atoms with E-state index < -0.39 is 17.2 Å². The molecule has 0 amide bonds. The number of hydrogen-bond acceptors (Lipinski definition) is 5. The maximum atomic E-state index is 13.6. The molecule has 1 heterocycles. The molecule has 6 nitrogen and oxygen atoms in total. The molecule has 3 aromatic rings. The van der Waals surface area contributed by atoms with Crippen LogP contribution in [0.3, 0.4) is 0 Å². The number of methoxy groups -OCH3 is 1. The monoisotopic (exact) mass is 415 g/mol. The van der Waals surface area contributed by atoms with Crippen molar-refractivity contribution in [2.45, 2.75) is 27.3 Å². The number of anilines is 2. The van der Waals surface area contributed by atoms with Crippen molar-refractivity contribution in [1.29, 1.82) is 0 Å². The molecule has 0 saturated heterocycles. The standard InChI is InChI=1S/C22H23F2N3O3/c1-5-30-19-10-18(13(2)6-14(19)3)25-22-26-21(28)20(29-4)12-27(22)11-15-7-16(23)9-17(24)8-15/h6-10,12H,5,11H2,1-4H3,(H,25,26,28). The molecular formula is C22H23F2N3O3. The molecule has 0 aliphatic carbocycles. The van der Waals surface area contributed by atoms with Crippen molar-refractivity contribution in [1.82, 2.24) is 9.55 Å². The maximum absolute atomic E-state index is 13.6. The largest absolute Gasteiger partial charge is 0.494 e. The number of halogens is 2. The summed E-state index contributed by atoms with van der Waals surface area (Å²) in [6, 6.07) is 7.04. The summed E-state index contributed by atoms with van der Waals surface area (Å²) in [5.74, 6) is -0.430. The molecule has 0 aliphatic heterocycles. The molecule has 0 radical (unpaired) electrons. The van der Waals surface area contributed by atoms with E-state index in [1.165, 1.54) is 25.4 Å². The van der Waals surface area contributed by atoms with E-state index in [2.05, 4.69) is 10.3 Å². The van der Waals surface area contributed by atoms with E-state index >= 15 is 0 Å². The van der Waals surface area contributed by atoms with Gasteiger partial charge in [-0.2, -0.15) is 4.98 Å². The summed E-state index contributed by atoms with van der Waals surface area (Å²) in [7, 11) is 1.36. The summed E-state index contributed by atoms with van der Waals surface area (Å²) >= 11 is 0. The van der Waals surface area contributed by atoms with Gasteiger partial charge < -0.3 is 19.4 Å². The number of benzene rings is 2. The predicted octanol–water partition coefficient (Wildman–Crippen LogP) is 4.34. The van der Waals surface area contributed by atoms with Crippen molar-refractivity contribution in [2.75, 3.05) is 19.0 Å². The van der Waals surface area contributed by atoms with Crippen molar-refractivity contribution in [3.05, 3.63) is 75.2 Å². The van der Waals surface area contributed by atoms with Crippen LogP contribution in [0.25, 0.3) is 0 Å². The summed E-state index contributed by atoms with van der Waals surface area (Å²) in [5, 5.41) is 3.14. The van der Waals surface area contributed by atoms with Crippen LogP contribution in [-0.4, -0.2) is 23.3 Å². The highest BCUT2D eigenvalue weighted by Crippen LogP contribution is 2.29. The lowest BCUT2D eigenvalue weighted by Crippen LogP contribution is -2.19. The fourth-order valence-corrected chi connectivity index (χ4v) is 3.13. The van der Waals surface area contributed by atoms with Crippen molar-refractivity contribution >= 4 is 11.6 Å². The number of rotatable bonds is 7.